The van der Waals surface area contributed by atoms with Crippen molar-refractivity contribution in [3.63, 3.8) is 0 Å². The van der Waals surface area contributed by atoms with Crippen LogP contribution < -0.4 is 0 Å². The maximum atomic E-state index is 12.8. The number of likely N-dealkylation sites (tertiary alicyclic amines) is 1. The molecule has 1 fully saturated rings. The van der Waals surface area contributed by atoms with E-state index in [1.165, 1.54) is 0 Å². The number of amides is 1. The van der Waals surface area contributed by atoms with Crippen molar-refractivity contribution < 1.29 is 14.6 Å². The van der Waals surface area contributed by atoms with Gasteiger partial charge in [0.15, 0.2) is 0 Å². The second-order valence-electron chi connectivity index (χ2n) is 8.12. The predicted molar refractivity (Wildman–Crippen MR) is 96.2 cm³/mol. The summed E-state index contributed by atoms with van der Waals surface area (Å²) < 4.78 is 5.60. The summed E-state index contributed by atoms with van der Waals surface area (Å²) in [7, 11) is 0. The molecule has 0 spiro atoms. The van der Waals surface area contributed by atoms with Crippen molar-refractivity contribution in [2.75, 3.05) is 0 Å². The summed E-state index contributed by atoms with van der Waals surface area (Å²) in [4.78, 5) is 14.5. The molecule has 1 saturated heterocycles. The zero-order valence-corrected chi connectivity index (χ0v) is 15.9. The quantitative estimate of drug-likeness (QED) is 0.819. The van der Waals surface area contributed by atoms with Crippen LogP contribution in [0.2, 0.25) is 5.02 Å². The molecule has 1 aliphatic rings. The maximum absolute atomic E-state index is 12.8. The van der Waals surface area contributed by atoms with Crippen LogP contribution in [-0.4, -0.2) is 33.3 Å². The van der Waals surface area contributed by atoms with E-state index in [1.807, 2.05) is 46.8 Å². The number of halogens is 1. The van der Waals surface area contributed by atoms with Gasteiger partial charge >= 0.3 is 6.09 Å². The number of carbonyl (C=O) groups is 1. The summed E-state index contributed by atoms with van der Waals surface area (Å²) in [5.74, 6) is 0. The zero-order valence-electron chi connectivity index (χ0n) is 15.2. The molecule has 1 N–H and O–H groups in total. The number of ether oxygens (including phenoxy) is 1. The fraction of sp³-hybridized carbons (Fsp3) is 0.632. The van der Waals surface area contributed by atoms with Gasteiger partial charge in [-0.25, -0.2) is 4.79 Å². The normalized spacial score (nSPS) is 22.1. The van der Waals surface area contributed by atoms with Crippen LogP contribution >= 0.6 is 11.6 Å². The van der Waals surface area contributed by atoms with Gasteiger partial charge in [-0.05, 0) is 71.6 Å². The molecule has 1 aromatic rings. The fourth-order valence-electron chi connectivity index (χ4n) is 3.35. The Hall–Kier alpha value is -1.26. The third-order valence-corrected chi connectivity index (χ3v) is 4.65. The minimum Gasteiger partial charge on any atom is -0.444 e. The lowest BCUT2D eigenvalue weighted by Crippen LogP contribution is -2.58. The van der Waals surface area contributed by atoms with E-state index in [2.05, 4.69) is 0 Å². The van der Waals surface area contributed by atoms with Gasteiger partial charge < -0.3 is 9.84 Å². The number of aliphatic hydroxyl groups excluding tert-OH is 1. The van der Waals surface area contributed by atoms with Crippen molar-refractivity contribution >= 4 is 17.7 Å². The lowest BCUT2D eigenvalue weighted by molar-refractivity contribution is -0.0575. The Balaban J connectivity index is 2.32. The van der Waals surface area contributed by atoms with E-state index in [1.54, 1.807) is 17.0 Å². The summed E-state index contributed by atoms with van der Waals surface area (Å²) >= 11 is 6.05. The van der Waals surface area contributed by atoms with Crippen molar-refractivity contribution in [2.24, 2.45) is 0 Å². The minimum absolute atomic E-state index is 0.331. The van der Waals surface area contributed by atoms with E-state index in [9.17, 15) is 9.90 Å². The summed E-state index contributed by atoms with van der Waals surface area (Å²) in [6.45, 7) is 9.60. The van der Waals surface area contributed by atoms with Crippen molar-refractivity contribution in [3.8, 4) is 0 Å². The van der Waals surface area contributed by atoms with E-state index in [0.717, 1.165) is 24.8 Å². The first-order chi connectivity index (χ1) is 11.0. The average Bonchev–Trinajstić information content (AvgIpc) is 2.43. The lowest BCUT2D eigenvalue weighted by Gasteiger charge is -2.49. The smallest absolute Gasteiger partial charge is 0.411 e. The Kier molecular flexibility index (Phi) is 5.50. The Morgan fingerprint density at radius 2 is 2.08 bits per heavy atom. The molecule has 0 aliphatic carbocycles. The number of nitrogens with zero attached hydrogens (tertiary/aromatic N) is 1. The first-order valence-electron chi connectivity index (χ1n) is 8.47. The largest absolute Gasteiger partial charge is 0.444 e. The fourth-order valence-corrected chi connectivity index (χ4v) is 3.55. The zero-order chi connectivity index (χ0) is 18.1. The van der Waals surface area contributed by atoms with E-state index in [-0.39, 0.29) is 17.7 Å². The molecule has 0 aromatic heterocycles. The van der Waals surface area contributed by atoms with E-state index < -0.39 is 11.7 Å². The number of aliphatic hydroxyl groups is 1. The van der Waals surface area contributed by atoms with Crippen molar-refractivity contribution in [1.82, 2.24) is 4.90 Å². The molecule has 1 heterocycles. The van der Waals surface area contributed by atoms with E-state index in [4.69, 9.17) is 16.3 Å². The molecule has 1 aliphatic heterocycles. The van der Waals surface area contributed by atoms with E-state index in [0.29, 0.717) is 5.02 Å². The predicted octanol–water partition coefficient (Wildman–Crippen LogP) is 4.94. The van der Waals surface area contributed by atoms with Crippen LogP contribution in [-0.2, 0) is 4.74 Å². The average molecular weight is 354 g/mol. The molecule has 0 saturated carbocycles. The molecule has 0 bridgehead atoms. The summed E-state index contributed by atoms with van der Waals surface area (Å²) in [5, 5.41) is 11.5. The molecule has 1 aromatic carbocycles. The summed E-state index contributed by atoms with van der Waals surface area (Å²) in [6.07, 6.45) is 1.39. The number of hydrogen-bond acceptors (Lipinski definition) is 3. The topological polar surface area (TPSA) is 49.8 Å². The van der Waals surface area contributed by atoms with E-state index >= 15 is 0 Å². The Labute approximate surface area is 149 Å². The third-order valence-electron chi connectivity index (χ3n) is 4.42. The molecule has 4 nitrogen and oxygen atoms in total. The highest BCUT2D eigenvalue weighted by molar-refractivity contribution is 6.30. The molecule has 2 atom stereocenters. The molecule has 1 amide bonds. The van der Waals surface area contributed by atoms with Crippen LogP contribution in [0.4, 0.5) is 4.79 Å². The monoisotopic (exact) mass is 353 g/mol. The number of rotatable bonds is 2. The Bertz CT molecular complexity index is 595. The SMILES string of the molecule is CC(C)(C)OC(=O)N1[C@@H]([C@@H](O)c2cccc(Cl)c2)CCCC1(C)C. The second kappa shape index (κ2) is 6.93. The molecule has 24 heavy (non-hydrogen) atoms. The molecule has 0 unspecified atom stereocenters. The van der Waals surface area contributed by atoms with Gasteiger partial charge in [-0.2, -0.15) is 0 Å². The first kappa shape index (κ1) is 19.1. The highest BCUT2D eigenvalue weighted by Crippen LogP contribution is 2.38. The molecule has 134 valence electrons. The van der Waals surface area contributed by atoms with Crippen LogP contribution in [0.25, 0.3) is 0 Å². The van der Waals surface area contributed by atoms with Crippen molar-refractivity contribution in [3.05, 3.63) is 34.9 Å². The highest BCUT2D eigenvalue weighted by atomic mass is 35.5. The Morgan fingerprint density at radius 1 is 1.42 bits per heavy atom. The van der Waals surface area contributed by atoms with Crippen molar-refractivity contribution in [2.45, 2.75) is 77.2 Å². The summed E-state index contributed by atoms with van der Waals surface area (Å²) in [5.41, 5.74) is -0.222. The Morgan fingerprint density at radius 3 is 2.67 bits per heavy atom. The molecule has 5 heteroatoms. The molecule has 2 rings (SSSR count). The number of carbonyl (C=O) groups excluding carboxylic acids is 1. The lowest BCUT2D eigenvalue weighted by atomic mass is 9.83. The van der Waals surface area contributed by atoms with Crippen LogP contribution in [0, 0.1) is 0 Å². The minimum atomic E-state index is -0.796. The molecular weight excluding hydrogens is 326 g/mol. The van der Waals surface area contributed by atoms with Gasteiger partial charge in [0.25, 0.3) is 0 Å². The number of benzene rings is 1. The molecular formula is C19H28ClNO3. The first-order valence-corrected chi connectivity index (χ1v) is 8.85. The van der Waals surface area contributed by atoms with Gasteiger partial charge in [0.05, 0.1) is 12.1 Å². The number of piperidine rings is 1. The summed E-state index contributed by atoms with van der Waals surface area (Å²) in [6, 6.07) is 6.84. The van der Waals surface area contributed by atoms with Crippen molar-refractivity contribution in [1.29, 1.82) is 0 Å². The van der Waals surface area contributed by atoms with Gasteiger partial charge in [0.1, 0.15) is 5.60 Å². The second-order valence-corrected chi connectivity index (χ2v) is 8.56. The van der Waals surface area contributed by atoms with Crippen LogP contribution in [0.5, 0.6) is 0 Å². The van der Waals surface area contributed by atoms with Crippen LogP contribution in [0.3, 0.4) is 0 Å². The van der Waals surface area contributed by atoms with Crippen LogP contribution in [0.1, 0.15) is 65.5 Å². The molecule has 0 radical (unpaired) electrons. The van der Waals surface area contributed by atoms with Crippen LogP contribution in [0.15, 0.2) is 24.3 Å². The standard InChI is InChI=1S/C19H28ClNO3/c1-18(2,3)24-17(23)21-15(10-7-11-19(21,4)5)16(22)13-8-6-9-14(20)12-13/h6,8-9,12,15-16,22H,7,10-11H2,1-5H3/t15-,16+/m1/s1. The van der Waals surface area contributed by atoms with Gasteiger partial charge in [-0.15, -0.1) is 0 Å². The number of hydrogen-bond donors (Lipinski definition) is 1. The van der Waals surface area contributed by atoms with Gasteiger partial charge in [-0.1, -0.05) is 23.7 Å². The highest BCUT2D eigenvalue weighted by Gasteiger charge is 2.44. The van der Waals surface area contributed by atoms with Gasteiger partial charge in [-0.3, -0.25) is 4.90 Å². The third kappa shape index (κ3) is 4.42. The van der Waals surface area contributed by atoms with Gasteiger partial charge in [0.2, 0.25) is 0 Å². The maximum Gasteiger partial charge on any atom is 0.411 e. The van der Waals surface area contributed by atoms with Gasteiger partial charge in [0, 0.05) is 10.6 Å².